The van der Waals surface area contributed by atoms with Crippen LogP contribution in [0.2, 0.25) is 5.02 Å². The standard InChI is InChI=1S/C19H16ClN3O/c1-14-5-4-7-18(22-14)19(24)23(13-16-6-2-3-12-21-16)17-10-8-15(20)9-11-17/h2-12H,13H2,1H3. The fourth-order valence-corrected chi connectivity index (χ4v) is 2.48. The van der Waals surface area contributed by atoms with Crippen molar-refractivity contribution < 1.29 is 4.79 Å². The normalized spacial score (nSPS) is 10.4. The summed E-state index contributed by atoms with van der Waals surface area (Å²) in [4.78, 5) is 23.3. The Hall–Kier alpha value is -2.72. The molecule has 0 unspecified atom stereocenters. The van der Waals surface area contributed by atoms with Crippen molar-refractivity contribution in [2.75, 3.05) is 4.90 Å². The minimum Gasteiger partial charge on any atom is -0.301 e. The van der Waals surface area contributed by atoms with E-state index >= 15 is 0 Å². The lowest BCUT2D eigenvalue weighted by molar-refractivity contribution is 0.0980. The third kappa shape index (κ3) is 3.78. The van der Waals surface area contributed by atoms with Crippen molar-refractivity contribution in [2.45, 2.75) is 13.5 Å². The second-order valence-electron chi connectivity index (χ2n) is 5.35. The van der Waals surface area contributed by atoms with Gasteiger partial charge in [0.1, 0.15) is 5.69 Å². The van der Waals surface area contributed by atoms with Crippen LogP contribution in [0.15, 0.2) is 66.9 Å². The highest BCUT2D eigenvalue weighted by Gasteiger charge is 2.20. The van der Waals surface area contributed by atoms with Crippen molar-refractivity contribution in [3.8, 4) is 0 Å². The van der Waals surface area contributed by atoms with Crippen LogP contribution in [-0.2, 0) is 6.54 Å². The monoisotopic (exact) mass is 337 g/mol. The molecule has 0 radical (unpaired) electrons. The topological polar surface area (TPSA) is 46.1 Å². The van der Waals surface area contributed by atoms with Gasteiger partial charge in [0.05, 0.1) is 12.2 Å². The number of benzene rings is 1. The van der Waals surface area contributed by atoms with Gasteiger partial charge in [-0.1, -0.05) is 23.7 Å². The van der Waals surface area contributed by atoms with Crippen LogP contribution in [0.3, 0.4) is 0 Å². The molecule has 24 heavy (non-hydrogen) atoms. The minimum absolute atomic E-state index is 0.174. The number of amides is 1. The highest BCUT2D eigenvalue weighted by Crippen LogP contribution is 2.21. The highest BCUT2D eigenvalue weighted by molar-refractivity contribution is 6.30. The van der Waals surface area contributed by atoms with Gasteiger partial charge < -0.3 is 4.90 Å². The third-order valence-electron chi connectivity index (χ3n) is 3.54. The molecule has 120 valence electrons. The van der Waals surface area contributed by atoms with E-state index in [4.69, 9.17) is 11.6 Å². The Balaban J connectivity index is 1.97. The van der Waals surface area contributed by atoms with E-state index in [0.717, 1.165) is 17.1 Å². The first-order chi connectivity index (χ1) is 11.6. The van der Waals surface area contributed by atoms with E-state index in [9.17, 15) is 4.79 Å². The maximum atomic E-state index is 13.0. The van der Waals surface area contributed by atoms with Crippen molar-refractivity contribution in [1.82, 2.24) is 9.97 Å². The zero-order chi connectivity index (χ0) is 16.9. The number of anilines is 1. The Morgan fingerprint density at radius 1 is 1.04 bits per heavy atom. The van der Waals surface area contributed by atoms with Gasteiger partial charge in [0.25, 0.3) is 5.91 Å². The predicted molar refractivity (Wildman–Crippen MR) is 95.2 cm³/mol. The maximum absolute atomic E-state index is 13.0. The van der Waals surface area contributed by atoms with Crippen LogP contribution < -0.4 is 4.90 Å². The number of hydrogen-bond acceptors (Lipinski definition) is 3. The lowest BCUT2D eigenvalue weighted by Crippen LogP contribution is -2.31. The smallest absolute Gasteiger partial charge is 0.277 e. The Bertz CT molecular complexity index is 835. The molecule has 3 aromatic rings. The van der Waals surface area contributed by atoms with Gasteiger partial charge in [0.15, 0.2) is 0 Å². The summed E-state index contributed by atoms with van der Waals surface area (Å²) in [5, 5.41) is 0.623. The molecule has 2 heterocycles. The van der Waals surface area contributed by atoms with E-state index in [2.05, 4.69) is 9.97 Å². The minimum atomic E-state index is -0.174. The number of halogens is 1. The van der Waals surface area contributed by atoms with Crippen molar-refractivity contribution in [3.05, 3.63) is 89.0 Å². The molecule has 0 saturated heterocycles. The molecule has 3 rings (SSSR count). The molecule has 1 aromatic carbocycles. The molecule has 2 aromatic heterocycles. The van der Waals surface area contributed by atoms with Crippen molar-refractivity contribution in [2.24, 2.45) is 0 Å². The molecule has 0 spiro atoms. The summed E-state index contributed by atoms with van der Waals surface area (Å²) in [5.41, 5.74) is 2.75. The van der Waals surface area contributed by atoms with Gasteiger partial charge in [-0.3, -0.25) is 9.78 Å². The van der Waals surface area contributed by atoms with Gasteiger partial charge in [-0.15, -0.1) is 0 Å². The van der Waals surface area contributed by atoms with E-state index in [1.807, 2.05) is 49.4 Å². The molecule has 0 aliphatic carbocycles. The van der Waals surface area contributed by atoms with Crippen LogP contribution >= 0.6 is 11.6 Å². The fourth-order valence-electron chi connectivity index (χ4n) is 2.36. The van der Waals surface area contributed by atoms with Crippen LogP contribution in [0.5, 0.6) is 0 Å². The fraction of sp³-hybridized carbons (Fsp3) is 0.105. The van der Waals surface area contributed by atoms with Crippen LogP contribution in [0.1, 0.15) is 21.9 Å². The summed E-state index contributed by atoms with van der Waals surface area (Å²) in [7, 11) is 0. The SMILES string of the molecule is Cc1cccc(C(=O)N(Cc2ccccn2)c2ccc(Cl)cc2)n1. The van der Waals surface area contributed by atoms with Crippen molar-refractivity contribution >= 4 is 23.2 Å². The van der Waals surface area contributed by atoms with Gasteiger partial charge in [0.2, 0.25) is 0 Å². The summed E-state index contributed by atoms with van der Waals surface area (Å²) >= 11 is 5.97. The average Bonchev–Trinajstić information content (AvgIpc) is 2.61. The van der Waals surface area contributed by atoms with Crippen molar-refractivity contribution in [1.29, 1.82) is 0 Å². The maximum Gasteiger partial charge on any atom is 0.277 e. The molecule has 5 heteroatoms. The second-order valence-corrected chi connectivity index (χ2v) is 5.79. The second kappa shape index (κ2) is 7.23. The van der Waals surface area contributed by atoms with Gasteiger partial charge in [-0.05, 0) is 55.5 Å². The number of rotatable bonds is 4. The van der Waals surface area contributed by atoms with Crippen molar-refractivity contribution in [3.63, 3.8) is 0 Å². The lowest BCUT2D eigenvalue weighted by atomic mass is 10.2. The number of carbonyl (C=O) groups is 1. The number of carbonyl (C=O) groups excluding carboxylic acids is 1. The van der Waals surface area contributed by atoms with E-state index in [1.54, 1.807) is 29.3 Å². The zero-order valence-corrected chi connectivity index (χ0v) is 13.9. The summed E-state index contributed by atoms with van der Waals surface area (Å²) in [5.74, 6) is -0.174. The lowest BCUT2D eigenvalue weighted by Gasteiger charge is -2.22. The number of aromatic nitrogens is 2. The first kappa shape index (κ1) is 16.1. The molecule has 0 N–H and O–H groups in total. The van der Waals surface area contributed by atoms with Gasteiger partial charge in [-0.25, -0.2) is 4.98 Å². The highest BCUT2D eigenvalue weighted by atomic mass is 35.5. The van der Waals surface area contributed by atoms with Gasteiger partial charge in [0, 0.05) is 22.6 Å². The Kier molecular flexibility index (Phi) is 4.87. The van der Waals surface area contributed by atoms with Crippen LogP contribution in [-0.4, -0.2) is 15.9 Å². The average molecular weight is 338 g/mol. The molecule has 1 amide bonds. The first-order valence-electron chi connectivity index (χ1n) is 7.54. The third-order valence-corrected chi connectivity index (χ3v) is 3.79. The number of aryl methyl sites for hydroxylation is 1. The molecule has 0 bridgehead atoms. The van der Waals surface area contributed by atoms with Crippen LogP contribution in [0.4, 0.5) is 5.69 Å². The number of pyridine rings is 2. The molecule has 0 fully saturated rings. The van der Waals surface area contributed by atoms with E-state index in [1.165, 1.54) is 0 Å². The Morgan fingerprint density at radius 3 is 2.50 bits per heavy atom. The molecular formula is C19H16ClN3O. The molecule has 0 saturated carbocycles. The van der Waals surface area contributed by atoms with Crippen LogP contribution in [0, 0.1) is 6.92 Å². The Morgan fingerprint density at radius 2 is 1.83 bits per heavy atom. The largest absolute Gasteiger partial charge is 0.301 e. The summed E-state index contributed by atoms with van der Waals surface area (Å²) in [6.45, 7) is 2.22. The van der Waals surface area contributed by atoms with E-state index < -0.39 is 0 Å². The molecular weight excluding hydrogens is 322 g/mol. The summed E-state index contributed by atoms with van der Waals surface area (Å²) in [6.07, 6.45) is 1.71. The van der Waals surface area contributed by atoms with E-state index in [-0.39, 0.29) is 5.91 Å². The Labute approximate surface area is 145 Å². The predicted octanol–water partition coefficient (Wildman–Crippen LogP) is 4.29. The van der Waals surface area contributed by atoms with Crippen LogP contribution in [0.25, 0.3) is 0 Å². The molecule has 4 nitrogen and oxygen atoms in total. The quantitative estimate of drug-likeness (QED) is 0.713. The zero-order valence-electron chi connectivity index (χ0n) is 13.2. The van der Waals surface area contributed by atoms with E-state index in [0.29, 0.717) is 17.3 Å². The summed E-state index contributed by atoms with van der Waals surface area (Å²) < 4.78 is 0. The number of nitrogens with zero attached hydrogens (tertiary/aromatic N) is 3. The molecule has 0 aliphatic heterocycles. The van der Waals surface area contributed by atoms with Gasteiger partial charge in [-0.2, -0.15) is 0 Å². The van der Waals surface area contributed by atoms with Gasteiger partial charge >= 0.3 is 0 Å². The number of hydrogen-bond donors (Lipinski definition) is 0. The molecule has 0 atom stereocenters. The summed E-state index contributed by atoms with van der Waals surface area (Å²) in [6, 6.07) is 18.2. The molecule has 0 aliphatic rings. The first-order valence-corrected chi connectivity index (χ1v) is 7.92.